The molecule has 5 atom stereocenters. The Bertz CT molecular complexity index is 1870. The Morgan fingerprint density at radius 3 is 2.31 bits per heavy atom. The van der Waals surface area contributed by atoms with E-state index in [-0.39, 0.29) is 39.6 Å². The molecule has 6 rings (SSSR count). The van der Waals surface area contributed by atoms with Crippen molar-refractivity contribution in [1.29, 1.82) is 0 Å². The molecule has 260 valence electrons. The number of anilines is 1. The van der Waals surface area contributed by atoms with Crippen molar-refractivity contribution in [3.05, 3.63) is 106 Å². The minimum atomic E-state index is -4.17. The molecule has 2 aliphatic carbocycles. The molecule has 0 radical (unpaired) electrons. The number of sulfone groups is 1. The summed E-state index contributed by atoms with van der Waals surface area (Å²) >= 11 is 6.40. The molecular formula is C35H34ClF3N2O7S. The third-order valence-corrected chi connectivity index (χ3v) is 12.7. The van der Waals surface area contributed by atoms with Crippen molar-refractivity contribution in [3.8, 4) is 0 Å². The lowest BCUT2D eigenvalue weighted by Crippen LogP contribution is -2.51. The predicted molar refractivity (Wildman–Crippen MR) is 173 cm³/mol. The molecule has 0 spiro atoms. The summed E-state index contributed by atoms with van der Waals surface area (Å²) < 4.78 is 74.4. The van der Waals surface area contributed by atoms with Gasteiger partial charge in [0, 0.05) is 35.8 Å². The second kappa shape index (κ2) is 13.8. The standard InChI is InChI=1S/C35H34ClF3N2O7S/c1-47-34(43)25-19-48-41(18-20-5-3-2-4-6-20)12-11-26(25)35(44)16-22-7-8-23(17-35)32(22)49(45,46)30-13-21(9-10-27(30)36)33(42)40-24-14-28(37)31(39)29(38)15-24/h2-6,9-10,13-15,19,22-23,26,32,44H,7-8,11-12,16-18H2,1H3,(H,40,42)/t22-,23?,26?,32?,35-/m0/s1. The molecule has 3 aromatic rings. The molecule has 3 unspecified atom stereocenters. The van der Waals surface area contributed by atoms with Gasteiger partial charge in [-0.3, -0.25) is 4.79 Å². The van der Waals surface area contributed by atoms with Crippen LogP contribution in [0.1, 0.15) is 48.0 Å². The van der Waals surface area contributed by atoms with Gasteiger partial charge in [0.2, 0.25) is 0 Å². The van der Waals surface area contributed by atoms with Gasteiger partial charge >= 0.3 is 5.97 Å². The molecule has 9 nitrogen and oxygen atoms in total. The largest absolute Gasteiger partial charge is 0.466 e. The van der Waals surface area contributed by atoms with Gasteiger partial charge in [-0.15, -0.1) is 5.06 Å². The van der Waals surface area contributed by atoms with Crippen LogP contribution in [0.4, 0.5) is 18.9 Å². The highest BCUT2D eigenvalue weighted by atomic mass is 35.5. The molecule has 3 aliphatic rings. The second-order valence-electron chi connectivity index (χ2n) is 12.8. The Morgan fingerprint density at radius 2 is 1.67 bits per heavy atom. The van der Waals surface area contributed by atoms with Crippen molar-refractivity contribution in [2.75, 3.05) is 19.0 Å². The summed E-state index contributed by atoms with van der Waals surface area (Å²) in [6.07, 6.45) is 2.87. The van der Waals surface area contributed by atoms with E-state index < -0.39 is 67.8 Å². The van der Waals surface area contributed by atoms with E-state index in [1.807, 2.05) is 30.3 Å². The number of amides is 1. The van der Waals surface area contributed by atoms with E-state index in [0.717, 1.165) is 11.6 Å². The van der Waals surface area contributed by atoms with Crippen LogP contribution in [0, 0.1) is 35.2 Å². The molecule has 1 aliphatic heterocycles. The highest BCUT2D eigenvalue weighted by Crippen LogP contribution is 2.55. The first kappa shape index (κ1) is 34.9. The molecule has 1 amide bonds. The summed E-state index contributed by atoms with van der Waals surface area (Å²) in [6.45, 7) is 0.829. The van der Waals surface area contributed by atoms with Crippen LogP contribution < -0.4 is 5.32 Å². The maximum atomic E-state index is 14.3. The number of hydrogen-bond acceptors (Lipinski definition) is 8. The van der Waals surface area contributed by atoms with E-state index >= 15 is 0 Å². The summed E-state index contributed by atoms with van der Waals surface area (Å²) in [7, 11) is -2.93. The number of carbonyl (C=O) groups is 2. The van der Waals surface area contributed by atoms with Gasteiger partial charge < -0.3 is 20.0 Å². The maximum absolute atomic E-state index is 14.3. The van der Waals surface area contributed by atoms with Gasteiger partial charge in [0.1, 0.15) is 6.26 Å². The molecule has 0 saturated heterocycles. The fraction of sp³-hybridized carbons (Fsp3) is 0.371. The van der Waals surface area contributed by atoms with Gasteiger partial charge in [-0.1, -0.05) is 41.9 Å². The average Bonchev–Trinajstić information content (AvgIpc) is 3.22. The Labute approximate surface area is 286 Å². The van der Waals surface area contributed by atoms with Crippen LogP contribution in [0.2, 0.25) is 5.02 Å². The molecule has 1 heterocycles. The molecule has 2 N–H and O–H groups in total. The lowest BCUT2D eigenvalue weighted by atomic mass is 9.67. The smallest absolute Gasteiger partial charge is 0.337 e. The molecule has 2 fully saturated rings. The SMILES string of the molecule is COC(=O)C1=CON(Cc2ccccc2)CCC1[C@@]1(O)CC2CC[C@@H](C1)C2S(=O)(=O)c1cc(C(=O)Nc2cc(F)c(F)c(F)c2)ccc1Cl. The lowest BCUT2D eigenvalue weighted by Gasteiger charge is -2.45. The highest BCUT2D eigenvalue weighted by Gasteiger charge is 2.57. The van der Waals surface area contributed by atoms with Crippen molar-refractivity contribution >= 4 is 39.0 Å². The number of hydroxylamine groups is 2. The lowest BCUT2D eigenvalue weighted by molar-refractivity contribution is -0.139. The first-order valence-electron chi connectivity index (χ1n) is 15.8. The third-order valence-electron chi connectivity index (χ3n) is 9.81. The maximum Gasteiger partial charge on any atom is 0.337 e. The Balaban J connectivity index is 1.23. The zero-order chi connectivity index (χ0) is 35.1. The summed E-state index contributed by atoms with van der Waals surface area (Å²) in [5.41, 5.74) is -0.786. The van der Waals surface area contributed by atoms with Crippen molar-refractivity contribution in [2.24, 2.45) is 17.8 Å². The minimum absolute atomic E-state index is 0.0879. The quantitative estimate of drug-likeness (QED) is 0.208. The monoisotopic (exact) mass is 718 g/mol. The summed E-state index contributed by atoms with van der Waals surface area (Å²) in [5, 5.41) is 15.1. The number of fused-ring (bicyclic) bond motifs is 2. The van der Waals surface area contributed by atoms with Crippen LogP contribution >= 0.6 is 11.6 Å². The average molecular weight is 719 g/mol. The number of nitrogens with zero attached hydrogens (tertiary/aromatic N) is 1. The second-order valence-corrected chi connectivity index (χ2v) is 15.3. The number of aliphatic hydroxyl groups is 1. The highest BCUT2D eigenvalue weighted by molar-refractivity contribution is 7.92. The van der Waals surface area contributed by atoms with Crippen molar-refractivity contribution in [3.63, 3.8) is 0 Å². The molecular weight excluding hydrogens is 685 g/mol. The number of esters is 1. The summed E-state index contributed by atoms with van der Waals surface area (Å²) in [6, 6.07) is 14.4. The number of halogens is 4. The first-order chi connectivity index (χ1) is 23.3. The summed E-state index contributed by atoms with van der Waals surface area (Å²) in [4.78, 5) is 31.5. The zero-order valence-corrected chi connectivity index (χ0v) is 27.9. The minimum Gasteiger partial charge on any atom is -0.466 e. The van der Waals surface area contributed by atoms with E-state index in [4.69, 9.17) is 21.2 Å². The van der Waals surface area contributed by atoms with Gasteiger partial charge in [0.15, 0.2) is 27.3 Å². The number of hydrogen-bond donors (Lipinski definition) is 2. The predicted octanol–water partition coefficient (Wildman–Crippen LogP) is 6.21. The van der Waals surface area contributed by atoms with Crippen LogP contribution in [-0.2, 0) is 30.8 Å². The van der Waals surface area contributed by atoms with Crippen LogP contribution in [-0.4, -0.2) is 55.0 Å². The van der Waals surface area contributed by atoms with Crippen LogP contribution in [0.25, 0.3) is 0 Å². The van der Waals surface area contributed by atoms with E-state index in [0.29, 0.717) is 44.5 Å². The number of benzene rings is 3. The van der Waals surface area contributed by atoms with E-state index in [1.165, 1.54) is 25.5 Å². The molecule has 3 aromatic carbocycles. The van der Waals surface area contributed by atoms with Crippen LogP contribution in [0.3, 0.4) is 0 Å². The van der Waals surface area contributed by atoms with Crippen LogP contribution in [0.15, 0.2) is 77.4 Å². The molecule has 2 saturated carbocycles. The van der Waals surface area contributed by atoms with E-state index in [2.05, 4.69) is 5.32 Å². The third kappa shape index (κ3) is 6.94. The number of rotatable bonds is 8. The molecule has 49 heavy (non-hydrogen) atoms. The van der Waals surface area contributed by atoms with Gasteiger partial charge in [-0.2, -0.15) is 0 Å². The topological polar surface area (TPSA) is 122 Å². The number of carbonyl (C=O) groups excluding carboxylic acids is 2. The molecule has 2 bridgehead atoms. The molecule has 14 heteroatoms. The zero-order valence-electron chi connectivity index (χ0n) is 26.4. The van der Waals surface area contributed by atoms with Gasteiger partial charge in [0.05, 0.1) is 40.0 Å². The first-order valence-corrected chi connectivity index (χ1v) is 17.7. The fourth-order valence-corrected chi connectivity index (χ4v) is 10.5. The van der Waals surface area contributed by atoms with Gasteiger partial charge in [0.25, 0.3) is 5.91 Å². The van der Waals surface area contributed by atoms with E-state index in [9.17, 15) is 36.3 Å². The van der Waals surface area contributed by atoms with Crippen LogP contribution in [0.5, 0.6) is 0 Å². The van der Waals surface area contributed by atoms with Gasteiger partial charge in [-0.25, -0.2) is 26.4 Å². The summed E-state index contributed by atoms with van der Waals surface area (Å²) in [5.74, 6) is -7.90. The number of methoxy groups -OCH3 is 1. The van der Waals surface area contributed by atoms with Crippen molar-refractivity contribution < 1.29 is 45.9 Å². The van der Waals surface area contributed by atoms with Gasteiger partial charge in [-0.05, 0) is 67.7 Å². The normalized spacial score (nSPS) is 25.6. The fourth-order valence-electron chi connectivity index (χ4n) is 7.67. The number of ether oxygens (including phenoxy) is 1. The number of nitrogens with one attached hydrogen (secondary N) is 1. The van der Waals surface area contributed by atoms with E-state index in [1.54, 1.807) is 5.06 Å². The Hall–Kier alpha value is -3.91. The Morgan fingerprint density at radius 1 is 1.02 bits per heavy atom. The van der Waals surface area contributed by atoms with Crippen molar-refractivity contribution in [1.82, 2.24) is 5.06 Å². The Kier molecular flexibility index (Phi) is 9.82. The molecule has 0 aromatic heterocycles. The van der Waals surface area contributed by atoms with Crippen molar-refractivity contribution in [2.45, 2.75) is 54.4 Å².